The van der Waals surface area contributed by atoms with Gasteiger partial charge in [-0.05, 0) is 33.6 Å². The molecule has 1 aromatic heterocycles. The fourth-order valence-corrected chi connectivity index (χ4v) is 3.72. The van der Waals surface area contributed by atoms with E-state index in [0.29, 0.717) is 0 Å². The number of aromatic nitrogens is 2. The molecular formula is C17H15BrN2S. The van der Waals surface area contributed by atoms with Crippen LogP contribution in [-0.4, -0.2) is 9.55 Å². The first-order valence-corrected chi connectivity index (χ1v) is 8.33. The lowest BCUT2D eigenvalue weighted by molar-refractivity contribution is 0.750. The quantitative estimate of drug-likeness (QED) is 0.658. The Morgan fingerprint density at radius 1 is 1.00 bits per heavy atom. The lowest BCUT2D eigenvalue weighted by Gasteiger charge is -2.06. The minimum Gasteiger partial charge on any atom is -0.324 e. The molecule has 0 aliphatic heterocycles. The summed E-state index contributed by atoms with van der Waals surface area (Å²) in [4.78, 5) is 5.84. The molecule has 1 heterocycles. The van der Waals surface area contributed by atoms with Crippen molar-refractivity contribution in [2.24, 2.45) is 7.05 Å². The third-order valence-electron chi connectivity index (χ3n) is 3.29. The number of hydrogen-bond donors (Lipinski definition) is 0. The number of nitrogens with zero attached hydrogens (tertiary/aromatic N) is 2. The van der Waals surface area contributed by atoms with Crippen LogP contribution in [0.25, 0.3) is 0 Å². The number of rotatable bonds is 4. The second-order valence-electron chi connectivity index (χ2n) is 4.77. The Balaban J connectivity index is 1.86. The summed E-state index contributed by atoms with van der Waals surface area (Å²) in [5.41, 5.74) is 2.48. The van der Waals surface area contributed by atoms with Gasteiger partial charge in [-0.2, -0.15) is 0 Å². The van der Waals surface area contributed by atoms with E-state index in [-0.39, 0.29) is 0 Å². The summed E-state index contributed by atoms with van der Waals surface area (Å²) < 4.78 is 3.08. The summed E-state index contributed by atoms with van der Waals surface area (Å²) in [5, 5.41) is 0.999. The number of benzene rings is 2. The van der Waals surface area contributed by atoms with Gasteiger partial charge in [0.15, 0.2) is 5.16 Å². The summed E-state index contributed by atoms with van der Waals surface area (Å²) >= 11 is 5.28. The monoisotopic (exact) mass is 358 g/mol. The average molecular weight is 359 g/mol. The molecule has 0 unspecified atom stereocenters. The molecule has 0 amide bonds. The first-order chi connectivity index (χ1) is 10.2. The Bertz CT molecular complexity index is 723. The summed E-state index contributed by atoms with van der Waals surface area (Å²) in [7, 11) is 2.07. The lowest BCUT2D eigenvalue weighted by Crippen LogP contribution is -1.99. The van der Waals surface area contributed by atoms with Crippen molar-refractivity contribution in [1.82, 2.24) is 9.55 Å². The van der Waals surface area contributed by atoms with E-state index < -0.39 is 0 Å². The summed E-state index contributed by atoms with van der Waals surface area (Å²) in [6, 6.07) is 20.8. The zero-order valence-electron chi connectivity index (χ0n) is 11.7. The van der Waals surface area contributed by atoms with Crippen LogP contribution in [0.3, 0.4) is 0 Å². The molecule has 0 fully saturated rings. The van der Waals surface area contributed by atoms with Crippen molar-refractivity contribution in [2.45, 2.75) is 16.5 Å². The van der Waals surface area contributed by atoms with E-state index in [1.165, 1.54) is 16.2 Å². The molecule has 0 saturated carbocycles. The molecule has 3 rings (SSSR count). The van der Waals surface area contributed by atoms with Gasteiger partial charge >= 0.3 is 0 Å². The van der Waals surface area contributed by atoms with Gasteiger partial charge in [0.2, 0.25) is 0 Å². The van der Waals surface area contributed by atoms with Gasteiger partial charge in [0.05, 0.1) is 5.69 Å². The van der Waals surface area contributed by atoms with E-state index >= 15 is 0 Å². The van der Waals surface area contributed by atoms with Crippen molar-refractivity contribution in [1.29, 1.82) is 0 Å². The maximum Gasteiger partial charge on any atom is 0.173 e. The van der Waals surface area contributed by atoms with Crippen molar-refractivity contribution in [2.75, 3.05) is 0 Å². The molecule has 0 saturated heterocycles. The van der Waals surface area contributed by atoms with Crippen molar-refractivity contribution >= 4 is 27.7 Å². The Labute approximate surface area is 137 Å². The molecule has 2 nitrogen and oxygen atoms in total. The van der Waals surface area contributed by atoms with E-state index in [0.717, 1.165) is 16.2 Å². The van der Waals surface area contributed by atoms with Crippen LogP contribution in [-0.2, 0) is 13.5 Å². The predicted molar refractivity (Wildman–Crippen MR) is 90.7 cm³/mol. The van der Waals surface area contributed by atoms with Gasteiger partial charge in [0.25, 0.3) is 0 Å². The van der Waals surface area contributed by atoms with E-state index in [1.807, 2.05) is 24.3 Å². The van der Waals surface area contributed by atoms with Gasteiger partial charge in [0.1, 0.15) is 4.60 Å². The van der Waals surface area contributed by atoms with Gasteiger partial charge in [0, 0.05) is 18.4 Å². The topological polar surface area (TPSA) is 17.8 Å². The predicted octanol–water partition coefficient (Wildman–Crippen LogP) is 4.92. The third-order valence-corrected chi connectivity index (χ3v) is 4.98. The molecule has 4 heteroatoms. The standard InChI is InChI=1S/C17H15BrN2S/c1-20-15(12-13-8-4-2-5-9-13)16(18)19-17(20)21-14-10-6-3-7-11-14/h2-11H,12H2,1H3. The maximum absolute atomic E-state index is 4.64. The second-order valence-corrected chi connectivity index (χ2v) is 6.56. The molecule has 0 bridgehead atoms. The maximum atomic E-state index is 4.64. The van der Waals surface area contributed by atoms with Crippen LogP contribution in [0.15, 0.2) is 75.3 Å². The number of halogens is 1. The second kappa shape index (κ2) is 6.50. The largest absolute Gasteiger partial charge is 0.324 e. The molecule has 2 aromatic carbocycles. The molecule has 0 atom stereocenters. The lowest BCUT2D eigenvalue weighted by atomic mass is 10.1. The molecule has 0 N–H and O–H groups in total. The van der Waals surface area contributed by atoms with Gasteiger partial charge in [-0.3, -0.25) is 0 Å². The molecular weight excluding hydrogens is 344 g/mol. The van der Waals surface area contributed by atoms with Crippen LogP contribution in [0.2, 0.25) is 0 Å². The van der Waals surface area contributed by atoms with E-state index in [4.69, 9.17) is 0 Å². The Morgan fingerprint density at radius 2 is 1.62 bits per heavy atom. The average Bonchev–Trinajstić information content (AvgIpc) is 2.77. The Morgan fingerprint density at radius 3 is 2.29 bits per heavy atom. The van der Waals surface area contributed by atoms with Crippen LogP contribution in [0.4, 0.5) is 0 Å². The van der Waals surface area contributed by atoms with Crippen LogP contribution in [0.5, 0.6) is 0 Å². The van der Waals surface area contributed by atoms with Gasteiger partial charge in [-0.25, -0.2) is 4.98 Å². The number of imidazole rings is 1. The third kappa shape index (κ3) is 3.39. The smallest absolute Gasteiger partial charge is 0.173 e. The van der Waals surface area contributed by atoms with Gasteiger partial charge in [-0.1, -0.05) is 60.3 Å². The zero-order valence-corrected chi connectivity index (χ0v) is 14.1. The van der Waals surface area contributed by atoms with Crippen LogP contribution >= 0.6 is 27.7 Å². The van der Waals surface area contributed by atoms with Crippen LogP contribution in [0, 0.1) is 0 Å². The highest BCUT2D eigenvalue weighted by atomic mass is 79.9. The fraction of sp³-hybridized carbons (Fsp3) is 0.118. The summed E-state index contributed by atoms with van der Waals surface area (Å²) in [6.07, 6.45) is 0.875. The number of hydrogen-bond acceptors (Lipinski definition) is 2. The Hall–Kier alpha value is -1.52. The molecule has 21 heavy (non-hydrogen) atoms. The fourth-order valence-electron chi connectivity index (χ4n) is 2.14. The molecule has 3 aromatic rings. The zero-order chi connectivity index (χ0) is 14.7. The molecule has 0 aliphatic rings. The van der Waals surface area contributed by atoms with Crippen molar-refractivity contribution in [3.63, 3.8) is 0 Å². The summed E-state index contributed by atoms with van der Waals surface area (Å²) in [6.45, 7) is 0. The SMILES string of the molecule is Cn1c(Sc2ccccc2)nc(Br)c1Cc1ccccc1. The highest BCUT2D eigenvalue weighted by molar-refractivity contribution is 9.10. The van der Waals surface area contributed by atoms with E-state index in [2.05, 4.69) is 68.9 Å². The van der Waals surface area contributed by atoms with Crippen molar-refractivity contribution < 1.29 is 0 Å². The molecule has 106 valence electrons. The molecule has 0 aliphatic carbocycles. The Kier molecular flexibility index (Phi) is 4.46. The van der Waals surface area contributed by atoms with E-state index in [9.17, 15) is 0 Å². The van der Waals surface area contributed by atoms with Crippen LogP contribution in [0.1, 0.15) is 11.3 Å². The van der Waals surface area contributed by atoms with Gasteiger partial charge in [-0.15, -0.1) is 0 Å². The minimum absolute atomic E-state index is 0.875. The summed E-state index contributed by atoms with van der Waals surface area (Å²) in [5.74, 6) is 0. The minimum atomic E-state index is 0.875. The van der Waals surface area contributed by atoms with Gasteiger partial charge < -0.3 is 4.57 Å². The molecule has 0 radical (unpaired) electrons. The molecule has 0 spiro atoms. The van der Waals surface area contributed by atoms with E-state index in [1.54, 1.807) is 11.8 Å². The first-order valence-electron chi connectivity index (χ1n) is 6.72. The normalized spacial score (nSPS) is 10.8. The highest BCUT2D eigenvalue weighted by Gasteiger charge is 2.14. The highest BCUT2D eigenvalue weighted by Crippen LogP contribution is 2.30. The van der Waals surface area contributed by atoms with Crippen molar-refractivity contribution in [3.05, 3.63) is 76.5 Å². The van der Waals surface area contributed by atoms with Crippen molar-refractivity contribution in [3.8, 4) is 0 Å². The first kappa shape index (κ1) is 14.4. The van der Waals surface area contributed by atoms with Crippen LogP contribution < -0.4 is 0 Å².